The maximum atomic E-state index is 11.2. The zero-order valence-electron chi connectivity index (χ0n) is 9.69. The average Bonchev–Trinajstić information content (AvgIpc) is 2.83. The molecule has 0 spiro atoms. The van der Waals surface area contributed by atoms with Crippen LogP contribution < -0.4 is 5.32 Å². The summed E-state index contributed by atoms with van der Waals surface area (Å²) in [7, 11) is 0. The Labute approximate surface area is 99.7 Å². The summed E-state index contributed by atoms with van der Waals surface area (Å²) in [5, 5.41) is 3.49. The molecule has 2 heterocycles. The molecule has 5 heteroatoms. The third-order valence-electron chi connectivity index (χ3n) is 3.03. The van der Waals surface area contributed by atoms with E-state index in [0.717, 1.165) is 31.7 Å². The second-order valence-electron chi connectivity index (χ2n) is 4.19. The second kappa shape index (κ2) is 4.93. The maximum absolute atomic E-state index is 11.2. The fourth-order valence-corrected chi connectivity index (χ4v) is 2.67. The molecule has 1 saturated heterocycles. The van der Waals surface area contributed by atoms with E-state index in [1.54, 1.807) is 18.3 Å². The molecular formula is C11H17N3OS. The molecule has 1 amide bonds. The van der Waals surface area contributed by atoms with Gasteiger partial charge in [0.2, 0.25) is 5.91 Å². The number of nitrogens with zero attached hydrogens (tertiary/aromatic N) is 2. The lowest BCUT2D eigenvalue weighted by atomic mass is 10.2. The van der Waals surface area contributed by atoms with Crippen LogP contribution in [0.25, 0.3) is 0 Å². The van der Waals surface area contributed by atoms with Crippen molar-refractivity contribution in [1.29, 1.82) is 0 Å². The first-order valence-corrected chi connectivity index (χ1v) is 6.42. The summed E-state index contributed by atoms with van der Waals surface area (Å²) in [6, 6.07) is 0.436. The molecule has 1 atom stereocenters. The summed E-state index contributed by atoms with van der Waals surface area (Å²) in [5.41, 5.74) is 2.99. The van der Waals surface area contributed by atoms with Gasteiger partial charge in [0.1, 0.15) is 0 Å². The highest BCUT2D eigenvalue weighted by Crippen LogP contribution is 2.14. The minimum absolute atomic E-state index is 0.179. The Morgan fingerprint density at radius 3 is 3.12 bits per heavy atom. The monoisotopic (exact) mass is 239 g/mol. The van der Waals surface area contributed by atoms with Gasteiger partial charge in [-0.1, -0.05) is 0 Å². The number of aryl methyl sites for hydroxylation is 1. The van der Waals surface area contributed by atoms with Gasteiger partial charge in [0.25, 0.3) is 0 Å². The van der Waals surface area contributed by atoms with Crippen molar-refractivity contribution in [3.05, 3.63) is 16.1 Å². The van der Waals surface area contributed by atoms with E-state index in [1.165, 1.54) is 4.88 Å². The molecule has 88 valence electrons. The number of likely N-dealkylation sites (tertiary alicyclic amines) is 1. The normalized spacial score (nSPS) is 20.4. The number of nitrogens with one attached hydrogen (secondary N) is 1. The number of amides is 1. The lowest BCUT2D eigenvalue weighted by Crippen LogP contribution is -2.33. The van der Waals surface area contributed by atoms with Crippen LogP contribution in [0.1, 0.15) is 23.9 Å². The highest BCUT2D eigenvalue weighted by Gasteiger charge is 2.23. The molecule has 1 aliphatic rings. The van der Waals surface area contributed by atoms with Gasteiger partial charge >= 0.3 is 0 Å². The molecule has 1 aromatic rings. The first-order chi connectivity index (χ1) is 7.66. The van der Waals surface area contributed by atoms with Gasteiger partial charge in [-0.3, -0.25) is 4.79 Å². The first kappa shape index (κ1) is 11.5. The summed E-state index contributed by atoms with van der Waals surface area (Å²) in [5.74, 6) is 0.179. The summed E-state index contributed by atoms with van der Waals surface area (Å²) < 4.78 is 0. The first-order valence-electron chi connectivity index (χ1n) is 5.54. The van der Waals surface area contributed by atoms with Crippen LogP contribution in [0.4, 0.5) is 0 Å². The number of carbonyl (C=O) groups is 1. The van der Waals surface area contributed by atoms with Crippen LogP contribution in [0.3, 0.4) is 0 Å². The van der Waals surface area contributed by atoms with Gasteiger partial charge in [0.05, 0.1) is 11.2 Å². The lowest BCUT2D eigenvalue weighted by Gasteiger charge is -2.14. The molecule has 0 saturated carbocycles. The SMILES string of the molecule is CC(=O)N1CCC(NCc2scnc2C)C1. The van der Waals surface area contributed by atoms with Gasteiger partial charge in [0.15, 0.2) is 0 Å². The van der Waals surface area contributed by atoms with E-state index in [0.29, 0.717) is 6.04 Å². The van der Waals surface area contributed by atoms with Gasteiger partial charge in [-0.2, -0.15) is 0 Å². The third kappa shape index (κ3) is 2.59. The maximum Gasteiger partial charge on any atom is 0.219 e. The van der Waals surface area contributed by atoms with E-state index in [1.807, 2.05) is 17.3 Å². The molecule has 1 unspecified atom stereocenters. The predicted molar refractivity (Wildman–Crippen MR) is 64.3 cm³/mol. The molecule has 1 fully saturated rings. The highest BCUT2D eigenvalue weighted by atomic mass is 32.1. The van der Waals surface area contributed by atoms with E-state index in [4.69, 9.17) is 0 Å². The molecule has 0 radical (unpaired) electrons. The van der Waals surface area contributed by atoms with Crippen LogP contribution >= 0.6 is 11.3 Å². The zero-order valence-corrected chi connectivity index (χ0v) is 10.5. The van der Waals surface area contributed by atoms with E-state index in [2.05, 4.69) is 10.3 Å². The third-order valence-corrected chi connectivity index (χ3v) is 3.96. The van der Waals surface area contributed by atoms with Gasteiger partial charge in [-0.25, -0.2) is 4.98 Å². The molecule has 4 nitrogen and oxygen atoms in total. The van der Waals surface area contributed by atoms with E-state index < -0.39 is 0 Å². The summed E-state index contributed by atoms with van der Waals surface area (Å²) in [6.07, 6.45) is 1.05. The van der Waals surface area contributed by atoms with Crippen LogP contribution in [0, 0.1) is 6.92 Å². The molecule has 1 aromatic heterocycles. The van der Waals surface area contributed by atoms with Crippen molar-refractivity contribution in [2.45, 2.75) is 32.9 Å². The second-order valence-corrected chi connectivity index (χ2v) is 5.13. The van der Waals surface area contributed by atoms with Crippen molar-refractivity contribution in [2.75, 3.05) is 13.1 Å². The Hall–Kier alpha value is -0.940. The zero-order chi connectivity index (χ0) is 11.5. The lowest BCUT2D eigenvalue weighted by molar-refractivity contribution is -0.127. The number of aromatic nitrogens is 1. The molecule has 2 rings (SSSR count). The van der Waals surface area contributed by atoms with E-state index in [-0.39, 0.29) is 5.91 Å². The number of thiazole rings is 1. The molecule has 0 aromatic carbocycles. The topological polar surface area (TPSA) is 45.2 Å². The summed E-state index contributed by atoms with van der Waals surface area (Å²) in [4.78, 5) is 18.6. The standard InChI is InChI=1S/C11H17N3OS/c1-8-11(16-7-13-8)5-12-10-3-4-14(6-10)9(2)15/h7,10,12H,3-6H2,1-2H3. The molecule has 0 bridgehead atoms. The van der Waals surface area contributed by atoms with Crippen LogP contribution in [-0.2, 0) is 11.3 Å². The van der Waals surface area contributed by atoms with Crippen LogP contribution in [0.2, 0.25) is 0 Å². The molecule has 16 heavy (non-hydrogen) atoms. The number of carbonyl (C=O) groups excluding carboxylic acids is 1. The van der Waals surface area contributed by atoms with Crippen LogP contribution in [-0.4, -0.2) is 34.9 Å². The van der Waals surface area contributed by atoms with Crippen LogP contribution in [0.15, 0.2) is 5.51 Å². The number of hydrogen-bond acceptors (Lipinski definition) is 4. The average molecular weight is 239 g/mol. The Bertz CT molecular complexity index is 377. The molecule has 0 aliphatic carbocycles. The fraction of sp³-hybridized carbons (Fsp3) is 0.636. The molecule has 1 aliphatic heterocycles. The van der Waals surface area contributed by atoms with Crippen molar-refractivity contribution in [3.63, 3.8) is 0 Å². The smallest absolute Gasteiger partial charge is 0.219 e. The number of hydrogen-bond donors (Lipinski definition) is 1. The van der Waals surface area contributed by atoms with Gasteiger partial charge in [-0.05, 0) is 13.3 Å². The Morgan fingerprint density at radius 1 is 1.75 bits per heavy atom. The molecule has 1 N–H and O–H groups in total. The van der Waals surface area contributed by atoms with Crippen molar-refractivity contribution >= 4 is 17.2 Å². The van der Waals surface area contributed by atoms with Gasteiger partial charge < -0.3 is 10.2 Å². The Balaban J connectivity index is 1.80. The van der Waals surface area contributed by atoms with E-state index in [9.17, 15) is 4.79 Å². The van der Waals surface area contributed by atoms with Crippen molar-refractivity contribution in [1.82, 2.24) is 15.2 Å². The van der Waals surface area contributed by atoms with Crippen molar-refractivity contribution in [2.24, 2.45) is 0 Å². The van der Waals surface area contributed by atoms with Gasteiger partial charge in [0, 0.05) is 37.5 Å². The summed E-state index contributed by atoms with van der Waals surface area (Å²) >= 11 is 1.69. The van der Waals surface area contributed by atoms with Gasteiger partial charge in [-0.15, -0.1) is 11.3 Å². The minimum Gasteiger partial charge on any atom is -0.341 e. The number of rotatable bonds is 3. The summed E-state index contributed by atoms with van der Waals surface area (Å²) in [6.45, 7) is 6.26. The van der Waals surface area contributed by atoms with Crippen LogP contribution in [0.5, 0.6) is 0 Å². The van der Waals surface area contributed by atoms with Crippen molar-refractivity contribution < 1.29 is 4.79 Å². The molecular weight excluding hydrogens is 222 g/mol. The Morgan fingerprint density at radius 2 is 2.56 bits per heavy atom. The largest absolute Gasteiger partial charge is 0.341 e. The van der Waals surface area contributed by atoms with E-state index >= 15 is 0 Å². The highest BCUT2D eigenvalue weighted by molar-refractivity contribution is 7.09. The predicted octanol–water partition coefficient (Wildman–Crippen LogP) is 1.16. The quantitative estimate of drug-likeness (QED) is 0.861. The minimum atomic E-state index is 0.179. The fourth-order valence-electron chi connectivity index (χ4n) is 1.95. The van der Waals surface area contributed by atoms with Crippen molar-refractivity contribution in [3.8, 4) is 0 Å². The Kier molecular flexibility index (Phi) is 3.56.